The van der Waals surface area contributed by atoms with Gasteiger partial charge in [-0.05, 0) is 43.6 Å². The van der Waals surface area contributed by atoms with Crippen LogP contribution < -0.4 is 4.74 Å². The zero-order valence-electron chi connectivity index (χ0n) is 16.6. The lowest BCUT2D eigenvalue weighted by Gasteiger charge is -2.31. The van der Waals surface area contributed by atoms with Gasteiger partial charge in [-0.3, -0.25) is 10.00 Å². The van der Waals surface area contributed by atoms with Gasteiger partial charge in [-0.25, -0.2) is 9.97 Å². The minimum absolute atomic E-state index is 0.499. The molecule has 1 fully saturated rings. The lowest BCUT2D eigenvalue weighted by Crippen LogP contribution is -2.32. The van der Waals surface area contributed by atoms with Crippen LogP contribution in [0.3, 0.4) is 0 Å². The molecule has 6 nitrogen and oxygen atoms in total. The lowest BCUT2D eigenvalue weighted by atomic mass is 9.89. The van der Waals surface area contributed by atoms with Crippen molar-refractivity contribution >= 4 is 0 Å². The molecule has 0 bridgehead atoms. The number of likely N-dealkylation sites (tertiary alicyclic amines) is 1. The van der Waals surface area contributed by atoms with Crippen LogP contribution in [-0.4, -0.2) is 45.3 Å². The third-order valence-electron chi connectivity index (χ3n) is 5.53. The number of nitrogens with one attached hydrogen (secondary N) is 1. The molecule has 0 atom stereocenters. The maximum Gasteiger partial charge on any atom is 0.127 e. The number of hydrogen-bond acceptors (Lipinski definition) is 5. The van der Waals surface area contributed by atoms with Crippen molar-refractivity contribution in [2.24, 2.45) is 0 Å². The fourth-order valence-corrected chi connectivity index (χ4v) is 3.91. The smallest absolute Gasteiger partial charge is 0.127 e. The van der Waals surface area contributed by atoms with Crippen LogP contribution >= 0.6 is 0 Å². The molecule has 4 rings (SSSR count). The molecule has 146 valence electrons. The Morgan fingerprint density at radius 3 is 2.64 bits per heavy atom. The van der Waals surface area contributed by atoms with Gasteiger partial charge in [0.05, 0.1) is 13.3 Å². The number of methoxy groups -OCH3 is 1. The van der Waals surface area contributed by atoms with Crippen LogP contribution in [0.15, 0.2) is 42.9 Å². The molecule has 1 aromatic carbocycles. The van der Waals surface area contributed by atoms with E-state index in [4.69, 9.17) is 4.74 Å². The Morgan fingerprint density at radius 2 is 1.93 bits per heavy atom. The average Bonchev–Trinajstić information content (AvgIpc) is 3.25. The van der Waals surface area contributed by atoms with Crippen molar-refractivity contribution in [3.63, 3.8) is 0 Å². The SMILES string of the molecule is CCc1ncc(CN2CCC(c3[nH]ncc3-c3cccc(OC)c3)CC2)cn1. The summed E-state index contributed by atoms with van der Waals surface area (Å²) in [5.41, 5.74) is 4.76. The summed E-state index contributed by atoms with van der Waals surface area (Å²) < 4.78 is 5.38. The van der Waals surface area contributed by atoms with Crippen molar-refractivity contribution in [3.8, 4) is 16.9 Å². The predicted octanol–water partition coefficient (Wildman–Crippen LogP) is 3.82. The first-order valence-corrected chi connectivity index (χ1v) is 9.96. The third-order valence-corrected chi connectivity index (χ3v) is 5.53. The number of ether oxygens (including phenoxy) is 1. The van der Waals surface area contributed by atoms with Crippen molar-refractivity contribution in [3.05, 3.63) is 59.9 Å². The first kappa shape index (κ1) is 18.6. The van der Waals surface area contributed by atoms with Crippen molar-refractivity contribution in [1.29, 1.82) is 0 Å². The number of rotatable bonds is 6. The molecular formula is C22H27N5O. The molecule has 1 saturated heterocycles. The number of nitrogens with zero attached hydrogens (tertiary/aromatic N) is 4. The molecule has 0 spiro atoms. The second-order valence-corrected chi connectivity index (χ2v) is 7.34. The van der Waals surface area contributed by atoms with E-state index in [1.165, 1.54) is 16.8 Å². The van der Waals surface area contributed by atoms with Crippen LogP contribution in [-0.2, 0) is 13.0 Å². The van der Waals surface area contributed by atoms with Gasteiger partial charge in [-0.15, -0.1) is 0 Å². The molecule has 0 aliphatic carbocycles. The number of aromatic amines is 1. The van der Waals surface area contributed by atoms with Crippen LogP contribution in [0.4, 0.5) is 0 Å². The highest BCUT2D eigenvalue weighted by Crippen LogP contribution is 2.35. The number of benzene rings is 1. The summed E-state index contributed by atoms with van der Waals surface area (Å²) in [5, 5.41) is 7.60. The molecular weight excluding hydrogens is 350 g/mol. The number of aromatic nitrogens is 4. The van der Waals surface area contributed by atoms with Crippen LogP contribution in [0, 0.1) is 0 Å². The number of H-pyrrole nitrogens is 1. The summed E-state index contributed by atoms with van der Waals surface area (Å²) in [6.45, 7) is 5.13. The summed E-state index contributed by atoms with van der Waals surface area (Å²) in [4.78, 5) is 11.3. The highest BCUT2D eigenvalue weighted by atomic mass is 16.5. The van der Waals surface area contributed by atoms with Crippen LogP contribution in [0.2, 0.25) is 0 Å². The predicted molar refractivity (Wildman–Crippen MR) is 109 cm³/mol. The van der Waals surface area contributed by atoms with E-state index < -0.39 is 0 Å². The van der Waals surface area contributed by atoms with E-state index >= 15 is 0 Å². The van der Waals surface area contributed by atoms with Crippen molar-refractivity contribution < 1.29 is 4.74 Å². The molecule has 0 radical (unpaired) electrons. The van der Waals surface area contributed by atoms with Gasteiger partial charge in [-0.2, -0.15) is 5.10 Å². The summed E-state index contributed by atoms with van der Waals surface area (Å²) in [5.74, 6) is 2.28. The molecule has 1 aliphatic heterocycles. The highest BCUT2D eigenvalue weighted by molar-refractivity contribution is 5.67. The Kier molecular flexibility index (Phi) is 5.67. The van der Waals surface area contributed by atoms with E-state index in [1.54, 1.807) is 7.11 Å². The van der Waals surface area contributed by atoms with Gasteiger partial charge in [0.25, 0.3) is 0 Å². The van der Waals surface area contributed by atoms with Gasteiger partial charge >= 0.3 is 0 Å². The van der Waals surface area contributed by atoms with Crippen LogP contribution in [0.25, 0.3) is 11.1 Å². The maximum atomic E-state index is 5.38. The molecule has 28 heavy (non-hydrogen) atoms. The Morgan fingerprint density at radius 1 is 1.14 bits per heavy atom. The Balaban J connectivity index is 1.41. The van der Waals surface area contributed by atoms with Crippen molar-refractivity contribution in [1.82, 2.24) is 25.1 Å². The summed E-state index contributed by atoms with van der Waals surface area (Å²) >= 11 is 0. The largest absolute Gasteiger partial charge is 0.497 e. The van der Waals surface area contributed by atoms with Crippen LogP contribution in [0.5, 0.6) is 5.75 Å². The number of hydrogen-bond donors (Lipinski definition) is 1. The Bertz CT molecular complexity index is 897. The van der Waals surface area contributed by atoms with Gasteiger partial charge in [0, 0.05) is 48.1 Å². The third kappa shape index (κ3) is 4.07. The normalized spacial score (nSPS) is 15.6. The minimum atomic E-state index is 0.499. The summed E-state index contributed by atoms with van der Waals surface area (Å²) in [7, 11) is 1.70. The summed E-state index contributed by atoms with van der Waals surface area (Å²) in [6.07, 6.45) is 8.98. The highest BCUT2D eigenvalue weighted by Gasteiger charge is 2.24. The van der Waals surface area contributed by atoms with E-state index in [1.807, 2.05) is 30.7 Å². The molecule has 3 heterocycles. The van der Waals surface area contributed by atoms with E-state index in [-0.39, 0.29) is 0 Å². The molecule has 0 unspecified atom stereocenters. The fraction of sp³-hybridized carbons (Fsp3) is 0.409. The minimum Gasteiger partial charge on any atom is -0.497 e. The molecule has 1 aliphatic rings. The van der Waals surface area contributed by atoms with Gasteiger partial charge in [0.15, 0.2) is 0 Å². The van der Waals surface area contributed by atoms with Crippen molar-refractivity contribution in [2.45, 2.75) is 38.6 Å². The zero-order chi connectivity index (χ0) is 19.3. The van der Waals surface area contributed by atoms with Crippen LogP contribution in [0.1, 0.15) is 42.8 Å². The summed E-state index contributed by atoms with van der Waals surface area (Å²) in [6, 6.07) is 8.19. The van der Waals surface area contributed by atoms with E-state index in [2.05, 4.69) is 44.1 Å². The number of aryl methyl sites for hydroxylation is 1. The molecule has 1 N–H and O–H groups in total. The van der Waals surface area contributed by atoms with Gasteiger partial charge in [0.2, 0.25) is 0 Å². The maximum absolute atomic E-state index is 5.38. The molecule has 3 aromatic rings. The van der Waals surface area contributed by atoms with Gasteiger partial charge in [-0.1, -0.05) is 19.1 Å². The first-order valence-electron chi connectivity index (χ1n) is 9.96. The average molecular weight is 377 g/mol. The van der Waals surface area contributed by atoms with E-state index in [9.17, 15) is 0 Å². The van der Waals surface area contributed by atoms with Crippen molar-refractivity contribution in [2.75, 3.05) is 20.2 Å². The van der Waals surface area contributed by atoms with Gasteiger partial charge < -0.3 is 4.74 Å². The fourth-order valence-electron chi connectivity index (χ4n) is 3.91. The molecule has 6 heteroatoms. The second-order valence-electron chi connectivity index (χ2n) is 7.34. The quantitative estimate of drug-likeness (QED) is 0.707. The van der Waals surface area contributed by atoms with E-state index in [0.29, 0.717) is 5.92 Å². The second kappa shape index (κ2) is 8.52. The zero-order valence-corrected chi connectivity index (χ0v) is 16.6. The molecule has 0 saturated carbocycles. The Labute approximate surface area is 166 Å². The first-order chi connectivity index (χ1) is 13.8. The molecule has 2 aromatic heterocycles. The Hall–Kier alpha value is -2.73. The molecule has 0 amide bonds. The van der Waals surface area contributed by atoms with E-state index in [0.717, 1.165) is 56.0 Å². The topological polar surface area (TPSA) is 66.9 Å². The van der Waals surface area contributed by atoms with Gasteiger partial charge in [0.1, 0.15) is 11.6 Å². The number of piperidine rings is 1. The standard InChI is InChI=1S/C22H27N5O/c1-3-21-23-12-16(13-24-21)15-27-9-7-17(8-10-27)22-20(14-25-26-22)18-5-4-6-19(11-18)28-2/h4-6,11-14,17H,3,7-10,15H2,1-2H3,(H,25,26). The monoisotopic (exact) mass is 377 g/mol. The lowest BCUT2D eigenvalue weighted by molar-refractivity contribution is 0.203.